The summed E-state index contributed by atoms with van der Waals surface area (Å²) in [6.45, 7) is 16.4. The predicted molar refractivity (Wildman–Crippen MR) is 208 cm³/mol. The molecule has 0 heterocycles. The molecule has 5 atom stereocenters. The molecule has 0 bridgehead atoms. The third-order valence-corrected chi connectivity index (χ3v) is 10.1. The molecule has 5 amide bonds. The Hall–Kier alpha value is -4.22. The molecule has 0 saturated carbocycles. The van der Waals surface area contributed by atoms with E-state index in [4.69, 9.17) is 4.74 Å². The van der Waals surface area contributed by atoms with Gasteiger partial charge in [-0.25, -0.2) is 4.79 Å². The lowest BCUT2D eigenvalue weighted by Crippen LogP contribution is -2.61. The number of benzene rings is 1. The molecule has 0 fully saturated rings. The Bertz CT molecular complexity index is 1380. The highest BCUT2D eigenvalue weighted by Crippen LogP contribution is 2.23. The number of amides is 5. The zero-order chi connectivity index (χ0) is 40.7. The molecule has 1 rings (SSSR count). The minimum Gasteiger partial charge on any atom is -0.467 e. The Labute approximate surface area is 318 Å². The number of hydrogen-bond acceptors (Lipinski definition) is 7. The van der Waals surface area contributed by atoms with E-state index in [2.05, 4.69) is 6.58 Å². The minimum atomic E-state index is -0.979. The number of allylic oxidation sites excluding steroid dienone is 1. The third-order valence-electron chi connectivity index (χ3n) is 10.1. The maximum absolute atomic E-state index is 14.4. The molecular formula is C41H67N5O7. The van der Waals surface area contributed by atoms with Crippen molar-refractivity contribution in [3.8, 4) is 0 Å². The van der Waals surface area contributed by atoms with Gasteiger partial charge in [0.25, 0.3) is 0 Å². The SMILES string of the molecule is C=CCCCCCC(=O)N(C)[C@H](C(=O)N(C)[C@H](C(=O)N(C)[C@H](C(=O)N(C)[C@@H](C)C(=O)N(C)[C@@H](Cc1ccccc1)C(=O)OC)C(C)C)C(C)C)C(C)C. The smallest absolute Gasteiger partial charge is 0.328 e. The van der Waals surface area contributed by atoms with Crippen molar-refractivity contribution < 1.29 is 33.5 Å². The number of ether oxygens (including phenoxy) is 1. The lowest BCUT2D eigenvalue weighted by atomic mass is 9.94. The van der Waals surface area contributed by atoms with Crippen LogP contribution in [-0.4, -0.2) is 133 Å². The lowest BCUT2D eigenvalue weighted by molar-refractivity contribution is -0.158. The van der Waals surface area contributed by atoms with Crippen molar-refractivity contribution in [2.75, 3.05) is 42.3 Å². The summed E-state index contributed by atoms with van der Waals surface area (Å²) in [5.41, 5.74) is 0.843. The van der Waals surface area contributed by atoms with Gasteiger partial charge in [0.2, 0.25) is 29.5 Å². The topological polar surface area (TPSA) is 128 Å². The first-order valence-corrected chi connectivity index (χ1v) is 18.8. The molecule has 0 aliphatic heterocycles. The van der Waals surface area contributed by atoms with Gasteiger partial charge in [0, 0.05) is 48.1 Å². The first-order valence-electron chi connectivity index (χ1n) is 18.8. The quantitative estimate of drug-likeness (QED) is 0.102. The van der Waals surface area contributed by atoms with E-state index in [1.165, 1.54) is 45.7 Å². The van der Waals surface area contributed by atoms with Crippen LogP contribution in [0.1, 0.15) is 86.1 Å². The molecule has 0 unspecified atom stereocenters. The number of carbonyl (C=O) groups excluding carboxylic acids is 6. The molecular weight excluding hydrogens is 674 g/mol. The summed E-state index contributed by atoms with van der Waals surface area (Å²) in [6.07, 6.45) is 5.85. The fourth-order valence-electron chi connectivity index (χ4n) is 6.82. The van der Waals surface area contributed by atoms with Crippen molar-refractivity contribution in [1.82, 2.24) is 24.5 Å². The minimum absolute atomic E-state index is 0.130. The van der Waals surface area contributed by atoms with E-state index in [1.54, 1.807) is 28.1 Å². The van der Waals surface area contributed by atoms with Gasteiger partial charge in [0.05, 0.1) is 7.11 Å². The highest BCUT2D eigenvalue weighted by Gasteiger charge is 2.43. The van der Waals surface area contributed by atoms with Gasteiger partial charge < -0.3 is 29.2 Å². The van der Waals surface area contributed by atoms with Crippen molar-refractivity contribution in [2.24, 2.45) is 17.8 Å². The largest absolute Gasteiger partial charge is 0.467 e. The Balaban J connectivity index is 3.28. The lowest BCUT2D eigenvalue weighted by Gasteiger charge is -2.41. The van der Waals surface area contributed by atoms with Crippen molar-refractivity contribution in [3.63, 3.8) is 0 Å². The molecule has 0 saturated heterocycles. The molecule has 298 valence electrons. The Morgan fingerprint density at radius 1 is 0.623 bits per heavy atom. The standard InChI is InChI=1S/C41H67N5O7/c1-15-16-17-18-22-25-33(47)44(11)34(27(2)3)39(50)46(13)36(29(6)7)40(51)45(12)35(28(4)5)38(49)42(9)30(8)37(48)43(10)32(41(52)53-14)26-31-23-20-19-21-24-31/h15,19-21,23-24,27-30,32,34-36H,1,16-18,22,25-26H2,2-14H3/t30-,32-,34-,35-,36-/m0/s1. The molecule has 0 aliphatic carbocycles. The van der Waals surface area contributed by atoms with Crippen molar-refractivity contribution in [2.45, 2.75) is 117 Å². The second kappa shape index (κ2) is 22.1. The second-order valence-electron chi connectivity index (χ2n) is 15.2. The van der Waals surface area contributed by atoms with E-state index in [0.29, 0.717) is 12.8 Å². The fourth-order valence-corrected chi connectivity index (χ4v) is 6.82. The van der Waals surface area contributed by atoms with Gasteiger partial charge in [-0.3, -0.25) is 24.0 Å². The van der Waals surface area contributed by atoms with Crippen LogP contribution in [0.3, 0.4) is 0 Å². The van der Waals surface area contributed by atoms with Crippen LogP contribution in [0.25, 0.3) is 0 Å². The molecule has 0 aromatic heterocycles. The average Bonchev–Trinajstić information content (AvgIpc) is 3.11. The van der Waals surface area contributed by atoms with Crippen molar-refractivity contribution in [1.29, 1.82) is 0 Å². The predicted octanol–water partition coefficient (Wildman–Crippen LogP) is 4.66. The van der Waals surface area contributed by atoms with Gasteiger partial charge in [-0.05, 0) is 49.5 Å². The van der Waals surface area contributed by atoms with Crippen LogP contribution in [0.4, 0.5) is 0 Å². The fraction of sp³-hybridized carbons (Fsp3) is 0.659. The normalized spacial score (nSPS) is 14.1. The zero-order valence-corrected chi connectivity index (χ0v) is 34.6. The third kappa shape index (κ3) is 12.7. The van der Waals surface area contributed by atoms with Gasteiger partial charge >= 0.3 is 5.97 Å². The van der Waals surface area contributed by atoms with Crippen LogP contribution in [0.5, 0.6) is 0 Å². The van der Waals surface area contributed by atoms with Crippen molar-refractivity contribution in [3.05, 3.63) is 48.6 Å². The summed E-state index contributed by atoms with van der Waals surface area (Å²) >= 11 is 0. The summed E-state index contributed by atoms with van der Waals surface area (Å²) in [4.78, 5) is 89.3. The average molecular weight is 742 g/mol. The first kappa shape index (κ1) is 46.8. The van der Waals surface area contributed by atoms with Crippen LogP contribution in [0, 0.1) is 17.8 Å². The Morgan fingerprint density at radius 3 is 1.51 bits per heavy atom. The number of nitrogens with zero attached hydrogens (tertiary/aromatic N) is 5. The molecule has 53 heavy (non-hydrogen) atoms. The van der Waals surface area contributed by atoms with Crippen LogP contribution < -0.4 is 0 Å². The molecule has 12 nitrogen and oxygen atoms in total. The second-order valence-corrected chi connectivity index (χ2v) is 15.2. The highest BCUT2D eigenvalue weighted by molar-refractivity contribution is 5.96. The Kier molecular flexibility index (Phi) is 19.5. The van der Waals surface area contributed by atoms with E-state index in [9.17, 15) is 28.8 Å². The van der Waals surface area contributed by atoms with Crippen LogP contribution in [-0.2, 0) is 39.9 Å². The number of methoxy groups -OCH3 is 1. The maximum Gasteiger partial charge on any atom is 0.328 e. The van der Waals surface area contributed by atoms with E-state index in [-0.39, 0.29) is 36.0 Å². The molecule has 0 N–H and O–H groups in total. The highest BCUT2D eigenvalue weighted by atomic mass is 16.5. The molecule has 0 aliphatic rings. The monoisotopic (exact) mass is 742 g/mol. The van der Waals surface area contributed by atoms with Gasteiger partial charge in [0.1, 0.15) is 30.2 Å². The van der Waals surface area contributed by atoms with Crippen LogP contribution >= 0.6 is 0 Å². The number of carbonyl (C=O) groups is 6. The Morgan fingerprint density at radius 2 is 1.08 bits per heavy atom. The molecule has 0 radical (unpaired) electrons. The van der Waals surface area contributed by atoms with Gasteiger partial charge in [-0.2, -0.15) is 0 Å². The molecule has 1 aromatic carbocycles. The van der Waals surface area contributed by atoms with Crippen molar-refractivity contribution >= 4 is 35.5 Å². The summed E-state index contributed by atoms with van der Waals surface area (Å²) in [6, 6.07) is 4.69. The van der Waals surface area contributed by atoms with Gasteiger partial charge in [0.15, 0.2) is 0 Å². The van der Waals surface area contributed by atoms with E-state index >= 15 is 0 Å². The van der Waals surface area contributed by atoms with Gasteiger partial charge in [-0.15, -0.1) is 6.58 Å². The molecule has 1 aromatic rings. The van der Waals surface area contributed by atoms with Gasteiger partial charge in [-0.1, -0.05) is 84.4 Å². The number of hydrogen-bond donors (Lipinski definition) is 0. The summed E-state index contributed by atoms with van der Waals surface area (Å²) in [5, 5.41) is 0. The summed E-state index contributed by atoms with van der Waals surface area (Å²) < 4.78 is 5.02. The van der Waals surface area contributed by atoms with E-state index < -0.39 is 53.9 Å². The summed E-state index contributed by atoms with van der Waals surface area (Å²) in [7, 11) is 9.04. The molecule has 0 spiro atoms. The maximum atomic E-state index is 14.4. The van der Waals surface area contributed by atoms with E-state index in [0.717, 1.165) is 24.8 Å². The number of unbranched alkanes of at least 4 members (excludes halogenated alkanes) is 3. The first-order chi connectivity index (χ1) is 24.8. The van der Waals surface area contributed by atoms with E-state index in [1.807, 2.05) is 78.0 Å². The molecule has 12 heteroatoms. The van der Waals surface area contributed by atoms with Crippen LogP contribution in [0.15, 0.2) is 43.0 Å². The number of rotatable bonds is 21. The number of esters is 1. The summed E-state index contributed by atoms with van der Waals surface area (Å²) in [5.74, 6) is -3.33. The number of likely N-dealkylation sites (N-methyl/N-ethyl adjacent to an activating group) is 5. The van der Waals surface area contributed by atoms with Crippen LogP contribution in [0.2, 0.25) is 0 Å². The zero-order valence-electron chi connectivity index (χ0n) is 34.6.